The van der Waals surface area contributed by atoms with Gasteiger partial charge >= 0.3 is 18.2 Å². The van der Waals surface area contributed by atoms with E-state index >= 15 is 0 Å². The van der Waals surface area contributed by atoms with E-state index < -0.39 is 42.3 Å². The Kier molecular flexibility index (Phi) is 6.90. The monoisotopic (exact) mass is 463 g/mol. The van der Waals surface area contributed by atoms with Gasteiger partial charge in [0.05, 0.1) is 24.3 Å². The van der Waals surface area contributed by atoms with Crippen molar-refractivity contribution in [2.75, 3.05) is 19.0 Å². The van der Waals surface area contributed by atoms with Crippen LogP contribution in [0.1, 0.15) is 24.1 Å². The van der Waals surface area contributed by atoms with Crippen molar-refractivity contribution in [3.63, 3.8) is 0 Å². The standard InChI is InChI=1S/C22H20F3N3O5/c1-12-18(20(30)32-2)19(28-21(31)26-12)13-5-3-8-16(9-13)33-11-17(29)27-15-7-4-6-14(10-15)22(23,24)25/h3-10,19H,11H2,1-2H3,(H,27,29)(H2,26,28,31). The van der Waals surface area contributed by atoms with E-state index in [1.165, 1.54) is 25.3 Å². The third-order valence-electron chi connectivity index (χ3n) is 4.71. The van der Waals surface area contributed by atoms with Crippen molar-refractivity contribution in [2.45, 2.75) is 19.1 Å². The molecule has 2 aromatic rings. The Morgan fingerprint density at radius 1 is 1.12 bits per heavy atom. The molecule has 3 N–H and O–H groups in total. The highest BCUT2D eigenvalue weighted by Crippen LogP contribution is 2.31. The summed E-state index contributed by atoms with van der Waals surface area (Å²) in [5.74, 6) is -1.04. The van der Waals surface area contributed by atoms with Gasteiger partial charge in [-0.15, -0.1) is 0 Å². The van der Waals surface area contributed by atoms with Crippen LogP contribution in [0.25, 0.3) is 0 Å². The van der Waals surface area contributed by atoms with Crippen molar-refractivity contribution in [2.24, 2.45) is 0 Å². The molecule has 0 bridgehead atoms. The van der Waals surface area contributed by atoms with Gasteiger partial charge in [0.2, 0.25) is 0 Å². The fraction of sp³-hybridized carbons (Fsp3) is 0.227. The van der Waals surface area contributed by atoms with Gasteiger partial charge in [-0.3, -0.25) is 4.79 Å². The number of anilines is 1. The minimum absolute atomic E-state index is 0.0204. The normalized spacial score (nSPS) is 15.9. The van der Waals surface area contributed by atoms with Crippen LogP contribution in [0.15, 0.2) is 59.8 Å². The Labute approximate surface area is 186 Å². The highest BCUT2D eigenvalue weighted by molar-refractivity contribution is 5.95. The molecule has 0 fully saturated rings. The Bertz CT molecular complexity index is 1110. The largest absolute Gasteiger partial charge is 0.484 e. The zero-order valence-corrected chi connectivity index (χ0v) is 17.6. The molecule has 2 aromatic carbocycles. The van der Waals surface area contributed by atoms with Gasteiger partial charge in [0, 0.05) is 11.4 Å². The molecule has 1 aliphatic heterocycles. The lowest BCUT2D eigenvalue weighted by Crippen LogP contribution is -2.45. The molecule has 8 nitrogen and oxygen atoms in total. The highest BCUT2D eigenvalue weighted by Gasteiger charge is 2.32. The topological polar surface area (TPSA) is 106 Å². The molecular weight excluding hydrogens is 443 g/mol. The quantitative estimate of drug-likeness (QED) is 0.569. The number of rotatable bonds is 6. The molecule has 0 saturated heterocycles. The number of esters is 1. The van der Waals surface area contributed by atoms with Gasteiger partial charge in [-0.05, 0) is 42.8 Å². The lowest BCUT2D eigenvalue weighted by atomic mass is 9.95. The highest BCUT2D eigenvalue weighted by atomic mass is 19.4. The van der Waals surface area contributed by atoms with E-state index in [4.69, 9.17) is 9.47 Å². The molecule has 0 aliphatic carbocycles. The Balaban J connectivity index is 1.70. The third kappa shape index (κ3) is 5.82. The molecule has 33 heavy (non-hydrogen) atoms. The average molecular weight is 463 g/mol. The van der Waals surface area contributed by atoms with E-state index in [1.54, 1.807) is 25.1 Å². The lowest BCUT2D eigenvalue weighted by molar-refractivity contribution is -0.138. The Hall–Kier alpha value is -4.02. The van der Waals surface area contributed by atoms with Crippen LogP contribution < -0.4 is 20.7 Å². The molecule has 0 aromatic heterocycles. The maximum atomic E-state index is 12.8. The van der Waals surface area contributed by atoms with E-state index in [0.717, 1.165) is 12.1 Å². The number of nitrogens with one attached hydrogen (secondary N) is 3. The van der Waals surface area contributed by atoms with E-state index in [-0.39, 0.29) is 17.0 Å². The SMILES string of the molecule is COC(=O)C1=C(C)NC(=O)NC1c1cccc(OCC(=O)Nc2cccc(C(F)(F)F)c2)c1. The fourth-order valence-corrected chi connectivity index (χ4v) is 3.23. The maximum absolute atomic E-state index is 12.8. The third-order valence-corrected chi connectivity index (χ3v) is 4.71. The van der Waals surface area contributed by atoms with Crippen molar-refractivity contribution in [1.82, 2.24) is 10.6 Å². The fourth-order valence-electron chi connectivity index (χ4n) is 3.23. The summed E-state index contributed by atoms with van der Waals surface area (Å²) in [4.78, 5) is 36.3. The van der Waals surface area contributed by atoms with Crippen molar-refractivity contribution in [3.05, 3.63) is 70.9 Å². The van der Waals surface area contributed by atoms with Crippen LogP contribution in [0.4, 0.5) is 23.7 Å². The number of amides is 3. The molecule has 3 amide bonds. The molecular formula is C22H20F3N3O5. The molecule has 0 radical (unpaired) electrons. The number of allylic oxidation sites excluding steroid dienone is 1. The molecule has 0 spiro atoms. The first-order valence-corrected chi connectivity index (χ1v) is 9.65. The molecule has 3 rings (SSSR count). The number of carbonyl (C=O) groups is 3. The van der Waals surface area contributed by atoms with Gasteiger partial charge < -0.3 is 25.4 Å². The number of urea groups is 1. The summed E-state index contributed by atoms with van der Waals surface area (Å²) in [6.07, 6.45) is -4.53. The average Bonchev–Trinajstić information content (AvgIpc) is 2.76. The zero-order chi connectivity index (χ0) is 24.2. The molecule has 1 heterocycles. The second-order valence-corrected chi connectivity index (χ2v) is 7.05. The van der Waals surface area contributed by atoms with Crippen molar-refractivity contribution in [3.8, 4) is 5.75 Å². The summed E-state index contributed by atoms with van der Waals surface area (Å²) in [6, 6.07) is 9.27. The number of benzene rings is 2. The molecule has 1 atom stereocenters. The summed E-state index contributed by atoms with van der Waals surface area (Å²) >= 11 is 0. The number of halogens is 3. The van der Waals surface area contributed by atoms with Crippen molar-refractivity contribution in [1.29, 1.82) is 0 Å². The maximum Gasteiger partial charge on any atom is 0.416 e. The molecule has 174 valence electrons. The number of hydrogen-bond donors (Lipinski definition) is 3. The summed E-state index contributed by atoms with van der Waals surface area (Å²) in [5, 5.41) is 7.49. The van der Waals surface area contributed by atoms with Gasteiger partial charge in [-0.2, -0.15) is 13.2 Å². The minimum Gasteiger partial charge on any atom is -0.484 e. The Morgan fingerprint density at radius 3 is 2.55 bits per heavy atom. The molecule has 11 heteroatoms. The van der Waals surface area contributed by atoms with Crippen LogP contribution >= 0.6 is 0 Å². The Morgan fingerprint density at radius 2 is 1.85 bits per heavy atom. The first-order valence-electron chi connectivity index (χ1n) is 9.65. The second-order valence-electron chi connectivity index (χ2n) is 7.05. The number of methoxy groups -OCH3 is 1. The first-order chi connectivity index (χ1) is 15.6. The predicted molar refractivity (Wildman–Crippen MR) is 111 cm³/mol. The number of alkyl halides is 3. The second kappa shape index (κ2) is 9.63. The van der Waals surface area contributed by atoms with Gasteiger partial charge in [0.25, 0.3) is 5.91 Å². The van der Waals surface area contributed by atoms with E-state index in [0.29, 0.717) is 11.3 Å². The zero-order valence-electron chi connectivity index (χ0n) is 17.6. The van der Waals surface area contributed by atoms with Crippen LogP contribution in [-0.4, -0.2) is 31.6 Å². The predicted octanol–water partition coefficient (Wildman–Crippen LogP) is 3.52. The van der Waals surface area contributed by atoms with Crippen LogP contribution in [-0.2, 0) is 20.5 Å². The van der Waals surface area contributed by atoms with Crippen LogP contribution in [0, 0.1) is 0 Å². The van der Waals surface area contributed by atoms with Crippen LogP contribution in [0.2, 0.25) is 0 Å². The van der Waals surface area contributed by atoms with Gasteiger partial charge in [0.15, 0.2) is 6.61 Å². The molecule has 0 saturated carbocycles. The lowest BCUT2D eigenvalue weighted by Gasteiger charge is -2.28. The van der Waals surface area contributed by atoms with Gasteiger partial charge in [0.1, 0.15) is 5.75 Å². The van der Waals surface area contributed by atoms with Crippen LogP contribution in [0.3, 0.4) is 0 Å². The van der Waals surface area contributed by atoms with Crippen molar-refractivity contribution >= 4 is 23.6 Å². The summed E-state index contributed by atoms with van der Waals surface area (Å²) in [6.45, 7) is 1.09. The number of hydrogen-bond acceptors (Lipinski definition) is 5. The summed E-state index contributed by atoms with van der Waals surface area (Å²) in [7, 11) is 1.22. The minimum atomic E-state index is -4.53. The van der Waals surface area contributed by atoms with E-state index in [2.05, 4.69) is 16.0 Å². The molecule has 1 aliphatic rings. The molecule has 1 unspecified atom stereocenters. The smallest absolute Gasteiger partial charge is 0.416 e. The first kappa shape index (κ1) is 23.6. The van der Waals surface area contributed by atoms with Crippen LogP contribution in [0.5, 0.6) is 5.75 Å². The van der Waals surface area contributed by atoms with Gasteiger partial charge in [-0.1, -0.05) is 18.2 Å². The number of ether oxygens (including phenoxy) is 2. The van der Waals surface area contributed by atoms with E-state index in [1.807, 2.05) is 0 Å². The van der Waals surface area contributed by atoms with Crippen molar-refractivity contribution < 1.29 is 37.0 Å². The number of carbonyl (C=O) groups excluding carboxylic acids is 3. The summed E-state index contributed by atoms with van der Waals surface area (Å²) in [5.41, 5.74) is 0.134. The van der Waals surface area contributed by atoms with E-state index in [9.17, 15) is 27.6 Å². The summed E-state index contributed by atoms with van der Waals surface area (Å²) < 4.78 is 48.7. The van der Waals surface area contributed by atoms with Gasteiger partial charge in [-0.25, -0.2) is 9.59 Å².